The Labute approximate surface area is 129 Å². The highest BCUT2D eigenvalue weighted by Crippen LogP contribution is 2.34. The fourth-order valence-corrected chi connectivity index (χ4v) is 3.84. The predicted octanol–water partition coefficient (Wildman–Crippen LogP) is 4.49. The molecule has 2 aromatic heterocycles. The minimum Gasteiger partial charge on any atom is -0.375 e. The number of anilines is 1. The average Bonchev–Trinajstić information content (AvgIpc) is 3.02. The van der Waals surface area contributed by atoms with Crippen LogP contribution < -0.4 is 5.32 Å². The van der Waals surface area contributed by atoms with Crippen molar-refractivity contribution in [2.45, 2.75) is 20.4 Å². The van der Waals surface area contributed by atoms with Gasteiger partial charge in [-0.1, -0.05) is 0 Å². The van der Waals surface area contributed by atoms with Gasteiger partial charge < -0.3 is 5.32 Å². The first-order valence-corrected chi connectivity index (χ1v) is 8.06. The SMILES string of the molecule is Cc1cc(CNc2ccc3scnc3c2[N+](=O)[O-])sc1C. The van der Waals surface area contributed by atoms with Crippen molar-refractivity contribution in [2.24, 2.45) is 0 Å². The quantitative estimate of drug-likeness (QED) is 0.568. The van der Waals surface area contributed by atoms with Gasteiger partial charge in [-0.05, 0) is 37.6 Å². The van der Waals surface area contributed by atoms with Gasteiger partial charge in [0.25, 0.3) is 0 Å². The molecule has 0 aliphatic carbocycles. The van der Waals surface area contributed by atoms with Crippen LogP contribution in [-0.4, -0.2) is 9.91 Å². The van der Waals surface area contributed by atoms with E-state index in [1.807, 2.05) is 6.07 Å². The molecule has 0 saturated heterocycles. The number of fused-ring (bicyclic) bond motifs is 1. The number of thiazole rings is 1. The van der Waals surface area contributed by atoms with Gasteiger partial charge in [-0.3, -0.25) is 10.1 Å². The summed E-state index contributed by atoms with van der Waals surface area (Å²) < 4.78 is 0.829. The number of nitro benzene ring substituents is 1. The highest BCUT2D eigenvalue weighted by atomic mass is 32.1. The van der Waals surface area contributed by atoms with E-state index >= 15 is 0 Å². The highest BCUT2D eigenvalue weighted by molar-refractivity contribution is 7.16. The van der Waals surface area contributed by atoms with Gasteiger partial charge >= 0.3 is 5.69 Å². The number of hydrogen-bond acceptors (Lipinski definition) is 6. The Bertz CT molecular complexity index is 803. The van der Waals surface area contributed by atoms with E-state index in [1.54, 1.807) is 22.9 Å². The lowest BCUT2D eigenvalue weighted by Gasteiger charge is -2.06. The molecule has 0 fully saturated rings. The summed E-state index contributed by atoms with van der Waals surface area (Å²) in [5.41, 5.74) is 3.91. The third-order valence-corrected chi connectivity index (χ3v) is 5.28. The Kier molecular flexibility index (Phi) is 3.60. The molecule has 2 heterocycles. The number of thiophene rings is 1. The van der Waals surface area contributed by atoms with E-state index in [1.165, 1.54) is 21.8 Å². The molecule has 0 radical (unpaired) electrons. The van der Waals surface area contributed by atoms with E-state index in [2.05, 4.69) is 30.2 Å². The number of nitro groups is 1. The van der Waals surface area contributed by atoms with Crippen LogP contribution in [0.2, 0.25) is 0 Å². The van der Waals surface area contributed by atoms with Crippen LogP contribution in [0.25, 0.3) is 10.2 Å². The minimum atomic E-state index is -0.366. The lowest BCUT2D eigenvalue weighted by molar-refractivity contribution is -0.382. The second-order valence-corrected chi connectivity index (χ2v) is 6.95. The van der Waals surface area contributed by atoms with Gasteiger partial charge in [-0.2, -0.15) is 0 Å². The van der Waals surface area contributed by atoms with E-state index in [0.717, 1.165) is 9.58 Å². The predicted molar refractivity (Wildman–Crippen MR) is 87.4 cm³/mol. The van der Waals surface area contributed by atoms with E-state index in [-0.39, 0.29) is 10.6 Å². The summed E-state index contributed by atoms with van der Waals surface area (Å²) in [6, 6.07) is 5.74. The van der Waals surface area contributed by atoms with Gasteiger partial charge in [-0.15, -0.1) is 22.7 Å². The molecule has 3 aromatic rings. The Morgan fingerprint density at radius 3 is 2.86 bits per heavy atom. The summed E-state index contributed by atoms with van der Waals surface area (Å²) in [4.78, 5) is 17.5. The number of nitrogens with one attached hydrogen (secondary N) is 1. The number of aryl methyl sites for hydroxylation is 2. The Hall–Kier alpha value is -1.99. The number of aromatic nitrogens is 1. The van der Waals surface area contributed by atoms with E-state index in [4.69, 9.17) is 0 Å². The molecule has 0 unspecified atom stereocenters. The Balaban J connectivity index is 1.92. The molecule has 1 N–H and O–H groups in total. The van der Waals surface area contributed by atoms with Crippen LogP contribution in [0.1, 0.15) is 15.3 Å². The van der Waals surface area contributed by atoms with Crippen molar-refractivity contribution in [3.8, 4) is 0 Å². The van der Waals surface area contributed by atoms with Gasteiger partial charge in [0.15, 0.2) is 5.52 Å². The van der Waals surface area contributed by atoms with Gasteiger partial charge in [0, 0.05) is 16.3 Å². The lowest BCUT2D eigenvalue weighted by atomic mass is 10.2. The van der Waals surface area contributed by atoms with Crippen LogP contribution >= 0.6 is 22.7 Å². The molecule has 1 aromatic carbocycles. The summed E-state index contributed by atoms with van der Waals surface area (Å²) in [6.45, 7) is 4.72. The molecular weight excluding hydrogens is 306 g/mol. The standard InChI is InChI=1S/C14H13N3O2S2/c1-8-5-10(21-9(8)2)6-15-11-3-4-12-13(16-7-20-12)14(11)17(18)19/h3-5,7,15H,6H2,1-2H3. The largest absolute Gasteiger partial charge is 0.375 e. The van der Waals surface area contributed by atoms with Crippen LogP contribution in [0.5, 0.6) is 0 Å². The zero-order valence-electron chi connectivity index (χ0n) is 11.5. The van der Waals surface area contributed by atoms with Gasteiger partial charge in [0.1, 0.15) is 5.69 Å². The third kappa shape index (κ3) is 2.62. The Morgan fingerprint density at radius 2 is 2.19 bits per heavy atom. The molecule has 0 aliphatic heterocycles. The molecule has 0 bridgehead atoms. The molecule has 0 saturated carbocycles. The highest BCUT2D eigenvalue weighted by Gasteiger charge is 2.20. The Morgan fingerprint density at radius 1 is 1.38 bits per heavy atom. The molecule has 0 spiro atoms. The number of rotatable bonds is 4. The average molecular weight is 319 g/mol. The first-order chi connectivity index (χ1) is 10.1. The van der Waals surface area contributed by atoms with Crippen molar-refractivity contribution < 1.29 is 4.92 Å². The fraction of sp³-hybridized carbons (Fsp3) is 0.214. The molecule has 3 rings (SSSR count). The zero-order chi connectivity index (χ0) is 15.0. The molecule has 108 valence electrons. The lowest BCUT2D eigenvalue weighted by Crippen LogP contribution is -2.02. The molecule has 0 aliphatic rings. The monoisotopic (exact) mass is 319 g/mol. The van der Waals surface area contributed by atoms with Crippen LogP contribution in [0, 0.1) is 24.0 Å². The van der Waals surface area contributed by atoms with E-state index in [0.29, 0.717) is 17.7 Å². The normalized spacial score (nSPS) is 11.0. The molecule has 7 heteroatoms. The van der Waals surface area contributed by atoms with Gasteiger partial charge in [0.05, 0.1) is 15.1 Å². The number of hydrogen-bond donors (Lipinski definition) is 1. The van der Waals surface area contributed by atoms with Crippen molar-refractivity contribution in [2.75, 3.05) is 5.32 Å². The summed E-state index contributed by atoms with van der Waals surface area (Å²) in [6.07, 6.45) is 0. The summed E-state index contributed by atoms with van der Waals surface area (Å²) in [5, 5.41) is 14.5. The van der Waals surface area contributed by atoms with Crippen molar-refractivity contribution in [1.82, 2.24) is 4.98 Å². The van der Waals surface area contributed by atoms with E-state index in [9.17, 15) is 10.1 Å². The zero-order valence-corrected chi connectivity index (χ0v) is 13.2. The first kappa shape index (κ1) is 14.0. The number of nitrogens with zero attached hydrogens (tertiary/aromatic N) is 2. The number of benzene rings is 1. The smallest absolute Gasteiger partial charge is 0.319 e. The molecule has 0 amide bonds. The molecule has 5 nitrogen and oxygen atoms in total. The third-order valence-electron chi connectivity index (χ3n) is 3.33. The first-order valence-electron chi connectivity index (χ1n) is 6.36. The topological polar surface area (TPSA) is 68.1 Å². The molecular formula is C14H13N3O2S2. The summed E-state index contributed by atoms with van der Waals surface area (Å²) in [5.74, 6) is 0. The maximum Gasteiger partial charge on any atom is 0.319 e. The maximum atomic E-state index is 11.3. The summed E-state index contributed by atoms with van der Waals surface area (Å²) in [7, 11) is 0. The second-order valence-electron chi connectivity index (χ2n) is 4.72. The van der Waals surface area contributed by atoms with Crippen LogP contribution in [0.3, 0.4) is 0 Å². The van der Waals surface area contributed by atoms with E-state index < -0.39 is 0 Å². The second kappa shape index (κ2) is 5.42. The van der Waals surface area contributed by atoms with Crippen molar-refractivity contribution in [3.05, 3.63) is 49.1 Å². The van der Waals surface area contributed by atoms with Gasteiger partial charge in [0.2, 0.25) is 0 Å². The minimum absolute atomic E-state index is 0.0544. The molecule has 0 atom stereocenters. The maximum absolute atomic E-state index is 11.3. The fourth-order valence-electron chi connectivity index (χ4n) is 2.16. The van der Waals surface area contributed by atoms with Crippen molar-refractivity contribution in [3.63, 3.8) is 0 Å². The van der Waals surface area contributed by atoms with Crippen molar-refractivity contribution >= 4 is 44.3 Å². The van der Waals surface area contributed by atoms with Crippen LogP contribution in [0.4, 0.5) is 11.4 Å². The van der Waals surface area contributed by atoms with Gasteiger partial charge in [-0.25, -0.2) is 4.98 Å². The van der Waals surface area contributed by atoms with Crippen LogP contribution in [-0.2, 0) is 6.54 Å². The molecule has 21 heavy (non-hydrogen) atoms. The summed E-state index contributed by atoms with van der Waals surface area (Å²) >= 11 is 3.11. The van der Waals surface area contributed by atoms with Crippen molar-refractivity contribution in [1.29, 1.82) is 0 Å². The van der Waals surface area contributed by atoms with Crippen LogP contribution in [0.15, 0.2) is 23.7 Å².